The SMILES string of the molecule is COc1cc2cc(c1Cl)N(C)C(=O)C[C@H](OC(=O)[C@H](C)N(C)C(C)C(=O)OCc1ccccc1)[C@]1(C)O[C@H]1[C@H](C)[C@@H]1C[C@@](O)(NC(=O)O1)[C@H](OC)/C=C/C=C(\C)C2. The number of ether oxygens (including phenoxy) is 6. The lowest BCUT2D eigenvalue weighted by Crippen LogP contribution is -2.63. The van der Waals surface area contributed by atoms with Gasteiger partial charge in [0.15, 0.2) is 5.72 Å². The Morgan fingerprint density at radius 2 is 1.81 bits per heavy atom. The molecule has 2 aromatic carbocycles. The average Bonchev–Trinajstić information content (AvgIpc) is 3.88. The molecule has 57 heavy (non-hydrogen) atoms. The summed E-state index contributed by atoms with van der Waals surface area (Å²) in [6.45, 7) is 8.75. The molecule has 3 heterocycles. The molecule has 14 nitrogen and oxygen atoms in total. The molecule has 4 bridgehead atoms. The number of hydrogen-bond acceptors (Lipinski definition) is 12. The van der Waals surface area contributed by atoms with Crippen molar-refractivity contribution in [3.05, 3.63) is 82.4 Å². The minimum absolute atomic E-state index is 0.0578. The number of fused-ring (bicyclic) bond motifs is 5. The fraction of sp³-hybridized carbons (Fsp3) is 0.524. The molecule has 2 N–H and O–H groups in total. The van der Waals surface area contributed by atoms with E-state index in [-0.39, 0.29) is 24.5 Å². The predicted molar refractivity (Wildman–Crippen MR) is 212 cm³/mol. The number of methoxy groups -OCH3 is 2. The van der Waals surface area contributed by atoms with Gasteiger partial charge in [-0.15, -0.1) is 0 Å². The minimum Gasteiger partial charge on any atom is -0.495 e. The Hall–Kier alpha value is -4.47. The van der Waals surface area contributed by atoms with E-state index in [9.17, 15) is 24.3 Å². The number of benzene rings is 2. The summed E-state index contributed by atoms with van der Waals surface area (Å²) in [6.07, 6.45) is 0.870. The molecule has 2 aromatic rings. The fourth-order valence-electron chi connectivity index (χ4n) is 7.36. The van der Waals surface area contributed by atoms with Crippen LogP contribution in [-0.4, -0.2) is 110 Å². The minimum atomic E-state index is -1.84. The van der Waals surface area contributed by atoms with E-state index in [0.29, 0.717) is 17.9 Å². The van der Waals surface area contributed by atoms with Gasteiger partial charge in [-0.3, -0.25) is 24.6 Å². The third-order valence-electron chi connectivity index (χ3n) is 11.3. The number of alkyl carbamates (subject to hydrolysis) is 1. The zero-order chi connectivity index (χ0) is 41.8. The lowest BCUT2D eigenvalue weighted by atomic mass is 9.83. The van der Waals surface area contributed by atoms with Gasteiger partial charge in [-0.1, -0.05) is 72.7 Å². The molecule has 15 heteroatoms. The largest absolute Gasteiger partial charge is 0.495 e. The summed E-state index contributed by atoms with van der Waals surface area (Å²) >= 11 is 6.79. The van der Waals surface area contributed by atoms with Crippen LogP contribution in [0.15, 0.2) is 66.3 Å². The zero-order valence-electron chi connectivity index (χ0n) is 33.9. The van der Waals surface area contributed by atoms with Crippen molar-refractivity contribution < 1.29 is 52.7 Å². The number of anilines is 1. The van der Waals surface area contributed by atoms with Crippen molar-refractivity contribution >= 4 is 41.2 Å². The molecule has 2 amide bonds. The Kier molecular flexibility index (Phi) is 13.8. The summed E-state index contributed by atoms with van der Waals surface area (Å²) in [4.78, 5) is 57.1. The first-order chi connectivity index (χ1) is 26.9. The number of allylic oxidation sites excluding steroid dienone is 3. The molecule has 3 aliphatic heterocycles. The van der Waals surface area contributed by atoms with Crippen LogP contribution in [-0.2, 0) is 51.1 Å². The number of rotatable bonds is 9. The first-order valence-electron chi connectivity index (χ1n) is 18.9. The van der Waals surface area contributed by atoms with Gasteiger partial charge < -0.3 is 38.4 Å². The van der Waals surface area contributed by atoms with Crippen LogP contribution in [0, 0.1) is 5.92 Å². The van der Waals surface area contributed by atoms with E-state index in [0.717, 1.165) is 16.7 Å². The third-order valence-corrected chi connectivity index (χ3v) is 11.7. The molecular weight excluding hydrogens is 758 g/mol. The van der Waals surface area contributed by atoms with Crippen LogP contribution in [0.25, 0.3) is 0 Å². The maximum Gasteiger partial charge on any atom is 0.409 e. The summed E-state index contributed by atoms with van der Waals surface area (Å²) in [5.74, 6) is -1.84. The van der Waals surface area contributed by atoms with E-state index >= 15 is 0 Å². The van der Waals surface area contributed by atoms with E-state index in [2.05, 4.69) is 5.32 Å². The first kappa shape index (κ1) is 43.6. The zero-order valence-corrected chi connectivity index (χ0v) is 34.7. The lowest BCUT2D eigenvalue weighted by molar-refractivity contribution is -0.162. The number of likely N-dealkylation sites (N-methyl/N-ethyl adjacent to an activating group) is 1. The van der Waals surface area contributed by atoms with Crippen molar-refractivity contribution in [3.8, 4) is 5.75 Å². The number of halogens is 1. The van der Waals surface area contributed by atoms with Crippen molar-refractivity contribution in [1.82, 2.24) is 10.2 Å². The van der Waals surface area contributed by atoms with Crippen molar-refractivity contribution in [3.63, 3.8) is 0 Å². The lowest BCUT2D eigenvalue weighted by Gasteiger charge is -2.42. The summed E-state index contributed by atoms with van der Waals surface area (Å²) in [6, 6.07) is 11.1. The maximum atomic E-state index is 14.2. The number of carbonyl (C=O) groups excluding carboxylic acids is 4. The Balaban J connectivity index is 1.46. The predicted octanol–water partition coefficient (Wildman–Crippen LogP) is 5.12. The van der Waals surface area contributed by atoms with Crippen LogP contribution in [0.2, 0.25) is 5.02 Å². The number of carbonyl (C=O) groups is 4. The van der Waals surface area contributed by atoms with Crippen LogP contribution in [0.5, 0.6) is 5.75 Å². The average molecular weight is 812 g/mol. The smallest absolute Gasteiger partial charge is 0.409 e. The normalized spacial score (nSPS) is 30.4. The van der Waals surface area contributed by atoms with Crippen molar-refractivity contribution in [2.75, 3.05) is 33.2 Å². The number of hydrogen-bond donors (Lipinski definition) is 2. The van der Waals surface area contributed by atoms with Crippen LogP contribution in [0.4, 0.5) is 10.5 Å². The molecule has 2 fully saturated rings. The van der Waals surface area contributed by atoms with Gasteiger partial charge in [-0.05, 0) is 64.4 Å². The van der Waals surface area contributed by atoms with Gasteiger partial charge in [-0.2, -0.15) is 0 Å². The quantitative estimate of drug-likeness (QED) is 0.195. The number of epoxide rings is 1. The van der Waals surface area contributed by atoms with E-state index in [1.165, 1.54) is 24.0 Å². The van der Waals surface area contributed by atoms with Crippen molar-refractivity contribution in [2.45, 2.75) is 108 Å². The maximum absolute atomic E-state index is 14.2. The third kappa shape index (κ3) is 9.81. The highest BCUT2D eigenvalue weighted by Gasteiger charge is 2.64. The monoisotopic (exact) mass is 811 g/mol. The fourth-order valence-corrected chi connectivity index (χ4v) is 7.67. The standard InChI is InChI=1S/C42H54ClN3O11/c1-24-14-13-17-33(53-9)42(51)22-32(55-40(50)44-42)25(2)37-41(5,57-37)34(21-35(47)46(7)30-19-29(18-24)20-31(52-8)36(30)43)56-39(49)27(4)45(6)26(3)38(48)54-23-28-15-11-10-12-16-28/h10-17,19-20,25-27,32-34,37,51H,18,21-23H2,1-9H3,(H,44,50)/b17-13+,24-14+/t25-,26?,27+,32+,33-,34+,37+,41+,42+/m1/s1. The van der Waals surface area contributed by atoms with E-state index in [1.807, 2.05) is 43.3 Å². The van der Waals surface area contributed by atoms with Crippen molar-refractivity contribution in [2.24, 2.45) is 5.92 Å². The highest BCUT2D eigenvalue weighted by molar-refractivity contribution is 6.35. The molecule has 2 saturated heterocycles. The Labute approximate surface area is 339 Å². The van der Waals surface area contributed by atoms with Crippen LogP contribution < -0.4 is 15.0 Å². The van der Waals surface area contributed by atoms with Gasteiger partial charge in [0.1, 0.15) is 53.4 Å². The number of nitrogens with zero attached hydrogens (tertiary/aromatic N) is 2. The number of amides is 2. The summed E-state index contributed by atoms with van der Waals surface area (Å²) in [5, 5.41) is 14.5. The number of nitrogens with one attached hydrogen (secondary N) is 1. The molecular formula is C42H54ClN3O11. The first-order valence-corrected chi connectivity index (χ1v) is 19.3. The van der Waals surface area contributed by atoms with E-state index in [4.69, 9.17) is 40.0 Å². The van der Waals surface area contributed by atoms with Gasteiger partial charge in [0, 0.05) is 26.5 Å². The Bertz CT molecular complexity index is 1870. The van der Waals surface area contributed by atoms with Crippen LogP contribution >= 0.6 is 11.6 Å². The molecule has 0 saturated carbocycles. The molecule has 0 aromatic heterocycles. The molecule has 0 spiro atoms. The highest BCUT2D eigenvalue weighted by Crippen LogP contribution is 2.49. The molecule has 9 atom stereocenters. The summed E-state index contributed by atoms with van der Waals surface area (Å²) in [7, 11) is 6.11. The van der Waals surface area contributed by atoms with Crippen molar-refractivity contribution in [1.29, 1.82) is 0 Å². The Morgan fingerprint density at radius 3 is 2.47 bits per heavy atom. The summed E-state index contributed by atoms with van der Waals surface area (Å²) in [5.41, 5.74) is -0.130. The van der Waals surface area contributed by atoms with Gasteiger partial charge in [0.25, 0.3) is 0 Å². The highest BCUT2D eigenvalue weighted by atomic mass is 35.5. The topological polar surface area (TPSA) is 166 Å². The Morgan fingerprint density at radius 1 is 1.12 bits per heavy atom. The van der Waals surface area contributed by atoms with Gasteiger partial charge in [0.05, 0.1) is 25.3 Å². The molecule has 0 radical (unpaired) electrons. The second-order valence-corrected chi connectivity index (χ2v) is 15.7. The number of esters is 2. The molecule has 5 rings (SSSR count). The molecule has 3 aliphatic rings. The summed E-state index contributed by atoms with van der Waals surface area (Å²) < 4.78 is 34.9. The van der Waals surface area contributed by atoms with Gasteiger partial charge >= 0.3 is 18.0 Å². The number of aliphatic hydroxyl groups is 1. The van der Waals surface area contributed by atoms with Gasteiger partial charge in [-0.25, -0.2) is 4.79 Å². The molecule has 310 valence electrons. The van der Waals surface area contributed by atoms with Crippen LogP contribution in [0.1, 0.15) is 58.6 Å². The molecule has 1 unspecified atom stereocenters. The second-order valence-electron chi connectivity index (χ2n) is 15.3. The van der Waals surface area contributed by atoms with Crippen LogP contribution in [0.3, 0.4) is 0 Å². The van der Waals surface area contributed by atoms with E-state index in [1.54, 1.807) is 66.1 Å². The van der Waals surface area contributed by atoms with E-state index < -0.39 is 77.7 Å². The molecule has 0 aliphatic carbocycles. The second kappa shape index (κ2) is 18.0. The van der Waals surface area contributed by atoms with Gasteiger partial charge in [0.2, 0.25) is 5.91 Å².